The number of imide groups is 1. The van der Waals surface area contributed by atoms with E-state index < -0.39 is 43.2 Å². The molecule has 1 aliphatic heterocycles. The summed E-state index contributed by atoms with van der Waals surface area (Å²) in [4.78, 5) is 30.5. The Hall–Kier alpha value is -3.94. The number of hydrogen-bond acceptors (Lipinski definition) is 7. The second-order valence-corrected chi connectivity index (χ2v) is 16.3. The lowest BCUT2D eigenvalue weighted by Gasteiger charge is -2.38. The highest BCUT2D eigenvalue weighted by Gasteiger charge is 2.40. The summed E-state index contributed by atoms with van der Waals surface area (Å²) in [6.07, 6.45) is 3.62. The maximum atomic E-state index is 14.4. The monoisotopic (exact) mass is 708 g/mol. The Bertz CT molecular complexity index is 2070. The molecule has 0 unspecified atom stereocenters. The van der Waals surface area contributed by atoms with E-state index in [9.17, 15) is 26.4 Å². The average Bonchev–Trinajstić information content (AvgIpc) is 3.29. The van der Waals surface area contributed by atoms with E-state index in [1.54, 1.807) is 43.6 Å². The van der Waals surface area contributed by atoms with Gasteiger partial charge in [0.2, 0.25) is 20.0 Å². The summed E-state index contributed by atoms with van der Waals surface area (Å²) >= 11 is 6.35. The number of pyridine rings is 1. The largest absolute Gasteiger partial charge is 0.273 e. The van der Waals surface area contributed by atoms with Gasteiger partial charge in [-0.05, 0) is 98.3 Å². The highest BCUT2D eigenvalue weighted by molar-refractivity contribution is 7.89. The Balaban J connectivity index is 1.35. The Morgan fingerprint density at radius 2 is 1.54 bits per heavy atom. The number of nitrogens with one attached hydrogen (secondary N) is 1. The Labute approximate surface area is 286 Å². The maximum Gasteiger partial charge on any atom is 0.261 e. The summed E-state index contributed by atoms with van der Waals surface area (Å²) < 4.78 is 58.5. The molecule has 1 aliphatic rings. The Morgan fingerprint density at radius 3 is 2.21 bits per heavy atom. The summed E-state index contributed by atoms with van der Waals surface area (Å²) in [5.74, 6) is -1.56. The van der Waals surface area contributed by atoms with Crippen molar-refractivity contribution in [1.29, 1.82) is 0 Å². The van der Waals surface area contributed by atoms with Gasteiger partial charge in [-0.1, -0.05) is 48.0 Å². The molecule has 0 aliphatic carbocycles. The van der Waals surface area contributed by atoms with Crippen LogP contribution in [0.15, 0.2) is 90.1 Å². The van der Waals surface area contributed by atoms with Crippen molar-refractivity contribution in [3.63, 3.8) is 0 Å². The van der Waals surface area contributed by atoms with Crippen LogP contribution in [0, 0.1) is 13.8 Å². The molecule has 2 amide bonds. The molecule has 0 atom stereocenters. The molecule has 0 spiro atoms. The van der Waals surface area contributed by atoms with E-state index in [0.29, 0.717) is 10.6 Å². The van der Waals surface area contributed by atoms with Gasteiger partial charge in [-0.3, -0.25) is 19.5 Å². The van der Waals surface area contributed by atoms with Crippen LogP contribution in [0.1, 0.15) is 57.7 Å². The number of aromatic nitrogens is 1. The molecule has 1 N–H and O–H groups in total. The molecule has 48 heavy (non-hydrogen) atoms. The van der Waals surface area contributed by atoms with E-state index >= 15 is 0 Å². The van der Waals surface area contributed by atoms with E-state index in [1.807, 2.05) is 51.1 Å². The minimum Gasteiger partial charge on any atom is -0.273 e. The van der Waals surface area contributed by atoms with Gasteiger partial charge in [0, 0.05) is 37.1 Å². The second kappa shape index (κ2) is 13.9. The summed E-state index contributed by atoms with van der Waals surface area (Å²) in [5, 5.41) is 0.315. The predicted octanol–water partition coefficient (Wildman–Crippen LogP) is 5.55. The van der Waals surface area contributed by atoms with Gasteiger partial charge >= 0.3 is 0 Å². The molecule has 4 aromatic rings. The number of benzene rings is 3. The van der Waals surface area contributed by atoms with Crippen LogP contribution >= 0.6 is 11.6 Å². The third-order valence-corrected chi connectivity index (χ3v) is 12.6. The molecule has 2 heterocycles. The van der Waals surface area contributed by atoms with Crippen LogP contribution in [0.25, 0.3) is 11.1 Å². The van der Waals surface area contributed by atoms with Gasteiger partial charge in [0.1, 0.15) is 0 Å². The molecule has 10 nitrogen and oxygen atoms in total. The van der Waals surface area contributed by atoms with Crippen molar-refractivity contribution in [2.45, 2.75) is 44.6 Å². The number of carbonyl (C=O) groups is 2. The topological polar surface area (TPSA) is 134 Å². The lowest BCUT2D eigenvalue weighted by atomic mass is 9.90. The van der Waals surface area contributed by atoms with Crippen LogP contribution in [0.3, 0.4) is 0 Å². The van der Waals surface area contributed by atoms with Crippen molar-refractivity contribution in [2.75, 3.05) is 25.4 Å². The molecular weight excluding hydrogens is 672 g/mol. The standard InChI is InChI=1S/C35H37ClN4O6S2/c1-24-23-37-18-16-28(24)26-10-7-11-27(22-26)35(3,4)40(48(45,46)32-15-8-14-31(36)25(32)2)19-9-17-38-47(43,44)21-20-39-33(41)29-12-5-6-13-30(29)34(39)42/h5-8,10-16,18,22-23,38H,9,17,19-21H2,1-4H3. The van der Waals surface area contributed by atoms with Crippen molar-refractivity contribution in [3.8, 4) is 11.1 Å². The number of amides is 2. The summed E-state index contributed by atoms with van der Waals surface area (Å²) in [6, 6.07) is 20.6. The first-order valence-electron chi connectivity index (χ1n) is 15.4. The average molecular weight is 709 g/mol. The minimum absolute atomic E-state index is 0.0271. The molecule has 0 saturated heterocycles. The van der Waals surface area contributed by atoms with Gasteiger partial charge in [-0.2, -0.15) is 4.31 Å². The zero-order valence-corrected chi connectivity index (χ0v) is 29.5. The number of hydrogen-bond donors (Lipinski definition) is 1. The first kappa shape index (κ1) is 35.4. The van der Waals surface area contributed by atoms with Gasteiger partial charge in [0.15, 0.2) is 0 Å². The minimum atomic E-state index is -4.14. The fraction of sp³-hybridized carbons (Fsp3) is 0.286. The van der Waals surface area contributed by atoms with E-state index in [2.05, 4.69) is 9.71 Å². The third-order valence-electron chi connectivity index (χ3n) is 8.63. The Morgan fingerprint density at radius 1 is 0.875 bits per heavy atom. The molecule has 13 heteroatoms. The third kappa shape index (κ3) is 7.08. The van der Waals surface area contributed by atoms with E-state index in [4.69, 9.17) is 11.6 Å². The van der Waals surface area contributed by atoms with Gasteiger partial charge in [-0.25, -0.2) is 21.6 Å². The van der Waals surface area contributed by atoms with Crippen molar-refractivity contribution in [1.82, 2.24) is 18.9 Å². The van der Waals surface area contributed by atoms with Crippen LogP contribution in [0.2, 0.25) is 5.02 Å². The quantitative estimate of drug-likeness (QED) is 0.142. The van der Waals surface area contributed by atoms with Gasteiger partial charge < -0.3 is 0 Å². The summed E-state index contributed by atoms with van der Waals surface area (Å²) in [5.41, 5.74) is 3.41. The van der Waals surface area contributed by atoms with Crippen LogP contribution in [-0.4, -0.2) is 68.2 Å². The maximum absolute atomic E-state index is 14.4. The number of rotatable bonds is 13. The normalized spacial score (nSPS) is 13.8. The number of nitrogens with zero attached hydrogens (tertiary/aromatic N) is 3. The van der Waals surface area contributed by atoms with Gasteiger partial charge in [0.05, 0.1) is 27.3 Å². The Kier molecular flexibility index (Phi) is 10.2. The highest BCUT2D eigenvalue weighted by Crippen LogP contribution is 2.37. The summed E-state index contributed by atoms with van der Waals surface area (Å²) in [7, 11) is -8.06. The molecule has 0 saturated carbocycles. The molecule has 252 valence electrons. The molecule has 0 fully saturated rings. The second-order valence-electron chi connectivity index (χ2n) is 12.1. The predicted molar refractivity (Wildman–Crippen MR) is 186 cm³/mol. The lowest BCUT2D eigenvalue weighted by Crippen LogP contribution is -2.47. The number of halogens is 1. The molecule has 1 aromatic heterocycles. The summed E-state index contributed by atoms with van der Waals surface area (Å²) in [6.45, 7) is 6.83. The number of fused-ring (bicyclic) bond motifs is 1. The first-order chi connectivity index (χ1) is 22.6. The molecule has 0 bridgehead atoms. The zero-order chi connectivity index (χ0) is 34.9. The van der Waals surface area contributed by atoms with Gasteiger partial charge in [-0.15, -0.1) is 0 Å². The van der Waals surface area contributed by atoms with Crippen LogP contribution in [-0.2, 0) is 25.6 Å². The van der Waals surface area contributed by atoms with Crippen LogP contribution in [0.4, 0.5) is 0 Å². The van der Waals surface area contributed by atoms with E-state index in [0.717, 1.165) is 27.2 Å². The first-order valence-corrected chi connectivity index (χ1v) is 18.8. The highest BCUT2D eigenvalue weighted by atomic mass is 35.5. The van der Waals surface area contributed by atoms with Crippen LogP contribution in [0.5, 0.6) is 0 Å². The molecule has 3 aromatic carbocycles. The van der Waals surface area contributed by atoms with Crippen molar-refractivity contribution in [2.24, 2.45) is 0 Å². The number of carbonyl (C=O) groups excluding carboxylic acids is 2. The number of aryl methyl sites for hydroxylation is 1. The molecule has 5 rings (SSSR count). The van der Waals surface area contributed by atoms with Crippen LogP contribution < -0.4 is 4.72 Å². The van der Waals surface area contributed by atoms with Crippen molar-refractivity contribution < 1.29 is 26.4 Å². The fourth-order valence-electron chi connectivity index (χ4n) is 5.87. The SMILES string of the molecule is Cc1cnccc1-c1cccc(C(C)(C)N(CCCNS(=O)(=O)CCN2C(=O)c3ccccc3C2=O)S(=O)(=O)c2cccc(Cl)c2C)c1. The fourth-order valence-corrected chi connectivity index (χ4v) is 9.18. The number of sulfonamides is 2. The molecule has 0 radical (unpaired) electrons. The van der Waals surface area contributed by atoms with E-state index in [-0.39, 0.29) is 42.1 Å². The smallest absolute Gasteiger partial charge is 0.261 e. The van der Waals surface area contributed by atoms with E-state index in [1.165, 1.54) is 22.5 Å². The van der Waals surface area contributed by atoms with Crippen molar-refractivity contribution in [3.05, 3.63) is 118 Å². The zero-order valence-electron chi connectivity index (χ0n) is 27.1. The van der Waals surface area contributed by atoms with Crippen molar-refractivity contribution >= 4 is 43.5 Å². The molecular formula is C35H37ClN4O6S2. The lowest BCUT2D eigenvalue weighted by molar-refractivity contribution is 0.0664. The van der Waals surface area contributed by atoms with Gasteiger partial charge in [0.25, 0.3) is 11.8 Å².